The van der Waals surface area contributed by atoms with Gasteiger partial charge in [0.2, 0.25) is 0 Å². The Kier molecular flexibility index (Phi) is 4.29. The lowest BCUT2D eigenvalue weighted by atomic mass is 10.1. The van der Waals surface area contributed by atoms with Gasteiger partial charge in [-0.2, -0.15) is 5.10 Å². The van der Waals surface area contributed by atoms with Crippen LogP contribution >= 0.6 is 0 Å². The number of pyridine rings is 3. The molecule has 5 aromatic heterocycles. The molecule has 0 atom stereocenters. The molecule has 9 heteroatoms. The van der Waals surface area contributed by atoms with Gasteiger partial charge in [0.15, 0.2) is 5.65 Å². The summed E-state index contributed by atoms with van der Waals surface area (Å²) in [5.74, 6) is 0.119. The molecule has 0 saturated carbocycles. The maximum atomic E-state index is 9.79. The summed E-state index contributed by atoms with van der Waals surface area (Å²) in [6, 6.07) is 7.89. The van der Waals surface area contributed by atoms with Crippen molar-refractivity contribution < 1.29 is 5.11 Å². The van der Waals surface area contributed by atoms with Crippen LogP contribution in [0.4, 0.5) is 5.69 Å². The zero-order valence-electron chi connectivity index (χ0n) is 17.6. The number of piperazine rings is 1. The highest BCUT2D eigenvalue weighted by Gasteiger charge is 2.19. The smallest absolute Gasteiger partial charge is 0.155 e. The quantitative estimate of drug-likeness (QED) is 0.407. The minimum Gasteiger partial charge on any atom is -0.506 e. The first-order chi connectivity index (χ1) is 15.7. The van der Waals surface area contributed by atoms with Gasteiger partial charge in [-0.25, -0.2) is 9.97 Å². The van der Waals surface area contributed by atoms with E-state index in [1.54, 1.807) is 18.5 Å². The zero-order chi connectivity index (χ0) is 21.7. The molecule has 1 aliphatic heterocycles. The zero-order valence-corrected chi connectivity index (χ0v) is 17.6. The molecule has 1 saturated heterocycles. The van der Waals surface area contributed by atoms with Gasteiger partial charge < -0.3 is 19.9 Å². The van der Waals surface area contributed by atoms with Crippen LogP contribution in [0.3, 0.4) is 0 Å². The van der Waals surface area contributed by atoms with E-state index in [9.17, 15) is 5.11 Å². The molecule has 1 fully saturated rings. The molecule has 160 valence electrons. The first-order valence-electron chi connectivity index (χ1n) is 10.6. The van der Waals surface area contributed by atoms with E-state index in [2.05, 4.69) is 59.1 Å². The summed E-state index contributed by atoms with van der Waals surface area (Å²) in [5, 5.41) is 19.3. The Bertz CT molecular complexity index is 1430. The maximum absolute atomic E-state index is 9.79. The lowest BCUT2D eigenvalue weighted by Crippen LogP contribution is -2.44. The standard InChI is InChI=1S/C23H22N8O/c1-30-4-6-31(7-5-30)20-2-3-25-22-17(20)10-19(27-22)21-18-9-15(12-26-23(18)29-28-21)14-8-16(32)13-24-11-14/h2-3,8-13,32H,4-7H2,1H3,(H,25,27)(H,26,28,29). The SMILES string of the molecule is CN1CCN(c2ccnc3[nH]c(-c4n[nH]c5ncc(-c6cncc(O)c6)cc45)cc23)CC1. The lowest BCUT2D eigenvalue weighted by molar-refractivity contribution is 0.313. The molecule has 0 spiro atoms. The highest BCUT2D eigenvalue weighted by Crippen LogP contribution is 2.34. The third-order valence-electron chi connectivity index (χ3n) is 6.08. The number of fused-ring (bicyclic) bond motifs is 2. The minimum atomic E-state index is 0.119. The number of hydrogen-bond acceptors (Lipinski definition) is 7. The summed E-state index contributed by atoms with van der Waals surface area (Å²) >= 11 is 0. The van der Waals surface area contributed by atoms with Crippen LogP contribution in [-0.4, -0.2) is 73.4 Å². The first-order valence-corrected chi connectivity index (χ1v) is 10.6. The molecule has 32 heavy (non-hydrogen) atoms. The van der Waals surface area contributed by atoms with Crippen LogP contribution in [0.1, 0.15) is 0 Å². The summed E-state index contributed by atoms with van der Waals surface area (Å²) in [7, 11) is 2.16. The first kappa shape index (κ1) is 18.8. The molecule has 0 amide bonds. The van der Waals surface area contributed by atoms with Gasteiger partial charge in [-0.3, -0.25) is 10.1 Å². The van der Waals surface area contributed by atoms with Gasteiger partial charge in [-0.15, -0.1) is 0 Å². The van der Waals surface area contributed by atoms with Crippen LogP contribution in [0.25, 0.3) is 44.6 Å². The van der Waals surface area contributed by atoms with Gasteiger partial charge in [0.1, 0.15) is 17.1 Å². The van der Waals surface area contributed by atoms with Gasteiger partial charge in [0.05, 0.1) is 11.9 Å². The molecule has 6 heterocycles. The molecule has 0 aliphatic carbocycles. The van der Waals surface area contributed by atoms with E-state index >= 15 is 0 Å². The van der Waals surface area contributed by atoms with Crippen molar-refractivity contribution in [2.75, 3.05) is 38.1 Å². The van der Waals surface area contributed by atoms with Crippen molar-refractivity contribution in [1.82, 2.24) is 35.0 Å². The Balaban J connectivity index is 1.44. The van der Waals surface area contributed by atoms with Crippen LogP contribution in [0.2, 0.25) is 0 Å². The van der Waals surface area contributed by atoms with E-state index in [1.165, 1.54) is 11.9 Å². The molecule has 9 nitrogen and oxygen atoms in total. The van der Waals surface area contributed by atoms with Gasteiger partial charge in [-0.1, -0.05) is 0 Å². The van der Waals surface area contributed by atoms with Crippen LogP contribution in [0, 0.1) is 0 Å². The van der Waals surface area contributed by atoms with Crippen LogP contribution in [0.5, 0.6) is 5.75 Å². The van der Waals surface area contributed by atoms with Crippen molar-refractivity contribution in [2.45, 2.75) is 0 Å². The van der Waals surface area contributed by atoms with Crippen molar-refractivity contribution in [2.24, 2.45) is 0 Å². The Morgan fingerprint density at radius 1 is 0.906 bits per heavy atom. The van der Waals surface area contributed by atoms with E-state index in [0.717, 1.165) is 65.1 Å². The Morgan fingerprint density at radius 3 is 2.59 bits per heavy atom. The van der Waals surface area contributed by atoms with Gasteiger partial charge >= 0.3 is 0 Å². The predicted molar refractivity (Wildman–Crippen MR) is 124 cm³/mol. The van der Waals surface area contributed by atoms with E-state index in [4.69, 9.17) is 0 Å². The van der Waals surface area contributed by atoms with E-state index in [0.29, 0.717) is 5.65 Å². The highest BCUT2D eigenvalue weighted by molar-refractivity contribution is 5.98. The fourth-order valence-corrected chi connectivity index (χ4v) is 4.32. The third kappa shape index (κ3) is 3.14. The number of hydrogen-bond donors (Lipinski definition) is 3. The second-order valence-electron chi connectivity index (χ2n) is 8.19. The van der Waals surface area contributed by atoms with Crippen molar-refractivity contribution in [3.8, 4) is 28.3 Å². The van der Waals surface area contributed by atoms with E-state index in [-0.39, 0.29) is 5.75 Å². The van der Waals surface area contributed by atoms with Crippen LogP contribution < -0.4 is 4.90 Å². The number of anilines is 1. The average Bonchev–Trinajstić information content (AvgIpc) is 3.43. The van der Waals surface area contributed by atoms with Crippen molar-refractivity contribution in [3.63, 3.8) is 0 Å². The number of H-pyrrole nitrogens is 2. The highest BCUT2D eigenvalue weighted by atomic mass is 16.3. The van der Waals surface area contributed by atoms with Crippen LogP contribution in [0.15, 0.2) is 49.1 Å². The Labute approximate surface area is 183 Å². The molecule has 0 unspecified atom stereocenters. The summed E-state index contributed by atoms with van der Waals surface area (Å²) < 4.78 is 0. The number of rotatable bonds is 3. The molecular formula is C23H22N8O. The topological polar surface area (TPSA) is 110 Å². The second kappa shape index (κ2) is 7.31. The molecule has 0 bridgehead atoms. The predicted octanol–water partition coefficient (Wildman–Crippen LogP) is 3.02. The van der Waals surface area contributed by atoms with E-state index in [1.807, 2.05) is 12.3 Å². The summed E-state index contributed by atoms with van der Waals surface area (Å²) in [5.41, 5.74) is 6.04. The fourth-order valence-electron chi connectivity index (χ4n) is 4.32. The summed E-state index contributed by atoms with van der Waals surface area (Å²) in [6.07, 6.45) is 6.72. The number of aromatic hydroxyl groups is 1. The third-order valence-corrected chi connectivity index (χ3v) is 6.08. The normalized spacial score (nSPS) is 15.1. The van der Waals surface area contributed by atoms with Gasteiger partial charge in [0.25, 0.3) is 0 Å². The van der Waals surface area contributed by atoms with Crippen LogP contribution in [-0.2, 0) is 0 Å². The summed E-state index contributed by atoms with van der Waals surface area (Å²) in [4.78, 5) is 21.3. The number of likely N-dealkylation sites (N-methyl/N-ethyl adjacent to an activating group) is 1. The maximum Gasteiger partial charge on any atom is 0.155 e. The molecule has 3 N–H and O–H groups in total. The number of aromatic nitrogens is 6. The Morgan fingerprint density at radius 2 is 1.75 bits per heavy atom. The fraction of sp³-hybridized carbons (Fsp3) is 0.217. The molecule has 6 rings (SSSR count). The molecule has 0 aromatic carbocycles. The van der Waals surface area contributed by atoms with Gasteiger partial charge in [0, 0.05) is 72.4 Å². The molecule has 1 aliphatic rings. The lowest BCUT2D eigenvalue weighted by Gasteiger charge is -2.34. The average molecular weight is 426 g/mol. The molecular weight excluding hydrogens is 404 g/mol. The Hall–Kier alpha value is -3.98. The number of aromatic amines is 2. The van der Waals surface area contributed by atoms with E-state index < -0.39 is 0 Å². The number of nitrogens with zero attached hydrogens (tertiary/aromatic N) is 6. The van der Waals surface area contributed by atoms with Crippen molar-refractivity contribution in [1.29, 1.82) is 0 Å². The monoisotopic (exact) mass is 426 g/mol. The molecule has 5 aromatic rings. The molecule has 0 radical (unpaired) electrons. The minimum absolute atomic E-state index is 0.119. The van der Waals surface area contributed by atoms with Crippen molar-refractivity contribution >= 4 is 27.8 Å². The largest absolute Gasteiger partial charge is 0.506 e. The summed E-state index contributed by atoms with van der Waals surface area (Å²) in [6.45, 7) is 4.08. The second-order valence-corrected chi connectivity index (χ2v) is 8.19. The van der Waals surface area contributed by atoms with Crippen molar-refractivity contribution in [3.05, 3.63) is 49.1 Å². The number of nitrogens with one attached hydrogen (secondary N) is 2. The van der Waals surface area contributed by atoms with Gasteiger partial charge in [-0.05, 0) is 31.3 Å².